The molecule has 7 nitrogen and oxygen atoms in total. The molecule has 24 heavy (non-hydrogen) atoms. The molecule has 3 heterocycles. The zero-order chi connectivity index (χ0) is 16.9. The lowest BCUT2D eigenvalue weighted by Gasteiger charge is -2.37. The van der Waals surface area contributed by atoms with Crippen molar-refractivity contribution in [1.82, 2.24) is 20.2 Å². The van der Waals surface area contributed by atoms with Gasteiger partial charge in [0.15, 0.2) is 5.16 Å². The lowest BCUT2D eigenvalue weighted by Crippen LogP contribution is -2.46. The van der Waals surface area contributed by atoms with E-state index in [9.17, 15) is 4.79 Å². The Bertz CT molecular complexity index is 559. The van der Waals surface area contributed by atoms with Gasteiger partial charge in [0.1, 0.15) is 11.9 Å². The van der Waals surface area contributed by atoms with Crippen LogP contribution in [0.5, 0.6) is 0 Å². The number of hydrogen-bond acceptors (Lipinski definition) is 7. The van der Waals surface area contributed by atoms with Crippen LogP contribution >= 0.6 is 11.8 Å². The van der Waals surface area contributed by atoms with E-state index in [-0.39, 0.29) is 18.2 Å². The van der Waals surface area contributed by atoms with Crippen molar-refractivity contribution in [1.29, 1.82) is 0 Å². The molecule has 0 bridgehead atoms. The normalized spacial score (nSPS) is 21.8. The maximum atomic E-state index is 12.3. The van der Waals surface area contributed by atoms with Gasteiger partial charge in [0.2, 0.25) is 0 Å². The molecule has 0 spiro atoms. The second-order valence-corrected chi connectivity index (χ2v) is 7.00. The van der Waals surface area contributed by atoms with E-state index >= 15 is 0 Å². The lowest BCUT2D eigenvalue weighted by atomic mass is 10.0. The van der Waals surface area contributed by atoms with E-state index in [0.29, 0.717) is 0 Å². The molecule has 2 saturated heterocycles. The van der Waals surface area contributed by atoms with Gasteiger partial charge < -0.3 is 19.9 Å². The molecule has 1 N–H and O–H groups in total. The zero-order valence-corrected chi connectivity index (χ0v) is 15.1. The van der Waals surface area contributed by atoms with Crippen LogP contribution < -0.4 is 10.2 Å². The van der Waals surface area contributed by atoms with E-state index in [4.69, 9.17) is 4.74 Å². The largest absolute Gasteiger partial charge is 0.445 e. The third-order valence-electron chi connectivity index (χ3n) is 4.71. The summed E-state index contributed by atoms with van der Waals surface area (Å²) in [5.41, 5.74) is 0. The van der Waals surface area contributed by atoms with E-state index < -0.39 is 0 Å². The molecule has 2 aliphatic heterocycles. The van der Waals surface area contributed by atoms with E-state index in [1.807, 2.05) is 19.4 Å². The van der Waals surface area contributed by atoms with Crippen molar-refractivity contribution in [2.75, 3.05) is 44.4 Å². The Kier molecular flexibility index (Phi) is 5.78. The predicted molar refractivity (Wildman–Crippen MR) is 94.6 cm³/mol. The van der Waals surface area contributed by atoms with E-state index in [1.54, 1.807) is 22.9 Å². The van der Waals surface area contributed by atoms with Gasteiger partial charge in [0, 0.05) is 38.9 Å². The third-order valence-corrected chi connectivity index (χ3v) is 5.27. The monoisotopic (exact) mass is 351 g/mol. The predicted octanol–water partition coefficient (Wildman–Crippen LogP) is 1.60. The first-order valence-electron chi connectivity index (χ1n) is 8.43. The zero-order valence-electron chi connectivity index (χ0n) is 14.3. The summed E-state index contributed by atoms with van der Waals surface area (Å²) in [6.45, 7) is 3.47. The van der Waals surface area contributed by atoms with Crippen LogP contribution in [0.4, 0.5) is 10.6 Å². The Morgan fingerprint density at radius 2 is 2.21 bits per heavy atom. The van der Waals surface area contributed by atoms with Crippen LogP contribution in [0, 0.1) is 0 Å². The number of piperidine rings is 1. The number of rotatable bonds is 4. The molecule has 0 aromatic carbocycles. The van der Waals surface area contributed by atoms with Crippen LogP contribution in [0.15, 0.2) is 17.4 Å². The summed E-state index contributed by atoms with van der Waals surface area (Å²) in [5, 5.41) is 4.01. The SMILES string of the molecule is CSc1nccc(N2CCC(N(C)C(=O)OC3CCNC3)CC2)n1. The van der Waals surface area contributed by atoms with Crippen LogP contribution in [0.1, 0.15) is 19.3 Å². The highest BCUT2D eigenvalue weighted by Gasteiger charge is 2.29. The number of nitrogens with zero attached hydrogens (tertiary/aromatic N) is 4. The highest BCUT2D eigenvalue weighted by molar-refractivity contribution is 7.98. The molecule has 2 aliphatic rings. The average molecular weight is 351 g/mol. The smallest absolute Gasteiger partial charge is 0.410 e. The third kappa shape index (κ3) is 4.10. The molecule has 1 unspecified atom stereocenters. The molecule has 1 aromatic rings. The molecule has 132 valence electrons. The van der Waals surface area contributed by atoms with Gasteiger partial charge in [-0.3, -0.25) is 0 Å². The summed E-state index contributed by atoms with van der Waals surface area (Å²) >= 11 is 1.55. The summed E-state index contributed by atoms with van der Waals surface area (Å²) in [5.74, 6) is 0.968. The number of hydrogen-bond donors (Lipinski definition) is 1. The minimum Gasteiger partial charge on any atom is -0.445 e. The van der Waals surface area contributed by atoms with Crippen LogP contribution in [0.3, 0.4) is 0 Å². The Morgan fingerprint density at radius 1 is 1.42 bits per heavy atom. The van der Waals surface area contributed by atoms with Crippen molar-refractivity contribution in [3.8, 4) is 0 Å². The first-order valence-corrected chi connectivity index (χ1v) is 9.66. The Morgan fingerprint density at radius 3 is 2.88 bits per heavy atom. The molecular formula is C16H25N5O2S. The van der Waals surface area contributed by atoms with Crippen molar-refractivity contribution in [2.45, 2.75) is 36.6 Å². The van der Waals surface area contributed by atoms with Gasteiger partial charge >= 0.3 is 6.09 Å². The number of carbonyl (C=O) groups excluding carboxylic acids is 1. The van der Waals surface area contributed by atoms with Gasteiger partial charge in [-0.05, 0) is 38.1 Å². The summed E-state index contributed by atoms with van der Waals surface area (Å²) in [6.07, 6.45) is 6.36. The molecule has 0 radical (unpaired) electrons. The number of ether oxygens (including phenoxy) is 1. The second-order valence-electron chi connectivity index (χ2n) is 6.23. The quantitative estimate of drug-likeness (QED) is 0.652. The highest BCUT2D eigenvalue weighted by atomic mass is 32.2. The van der Waals surface area contributed by atoms with Gasteiger partial charge in [-0.25, -0.2) is 14.8 Å². The van der Waals surface area contributed by atoms with Crippen molar-refractivity contribution in [3.63, 3.8) is 0 Å². The molecule has 1 atom stereocenters. The van der Waals surface area contributed by atoms with Gasteiger partial charge in [-0.2, -0.15) is 0 Å². The molecule has 1 aromatic heterocycles. The van der Waals surface area contributed by atoms with Gasteiger partial charge in [-0.15, -0.1) is 0 Å². The van der Waals surface area contributed by atoms with Crippen LogP contribution in [-0.2, 0) is 4.74 Å². The van der Waals surface area contributed by atoms with Crippen molar-refractivity contribution < 1.29 is 9.53 Å². The average Bonchev–Trinajstić information content (AvgIpc) is 3.14. The van der Waals surface area contributed by atoms with Crippen molar-refractivity contribution in [3.05, 3.63) is 12.3 Å². The molecule has 0 saturated carbocycles. The maximum Gasteiger partial charge on any atom is 0.410 e. The standard InChI is InChI=1S/C16H25N5O2S/c1-20(16(22)23-13-3-7-17-11-13)12-5-9-21(10-6-12)14-4-8-18-15(19-14)24-2/h4,8,12-13,17H,3,5-7,9-11H2,1-2H3. The fourth-order valence-corrected chi connectivity index (χ4v) is 3.54. The Labute approximate surface area is 147 Å². The van der Waals surface area contributed by atoms with Gasteiger partial charge in [0.25, 0.3) is 0 Å². The minimum absolute atomic E-state index is 0.0195. The molecule has 3 rings (SSSR count). The minimum atomic E-state index is -0.200. The molecule has 8 heteroatoms. The van der Waals surface area contributed by atoms with Crippen molar-refractivity contribution >= 4 is 23.7 Å². The van der Waals surface area contributed by atoms with Crippen LogP contribution in [0.2, 0.25) is 0 Å². The molecule has 2 fully saturated rings. The Balaban J connectivity index is 1.51. The number of carbonyl (C=O) groups is 1. The fourth-order valence-electron chi connectivity index (χ4n) is 3.19. The van der Waals surface area contributed by atoms with E-state index in [2.05, 4.69) is 20.2 Å². The Hall–Kier alpha value is -1.54. The van der Waals surface area contributed by atoms with E-state index in [0.717, 1.165) is 56.4 Å². The number of aromatic nitrogens is 2. The maximum absolute atomic E-state index is 12.3. The van der Waals surface area contributed by atoms with Gasteiger partial charge in [0.05, 0.1) is 0 Å². The number of anilines is 1. The van der Waals surface area contributed by atoms with Crippen LogP contribution in [0.25, 0.3) is 0 Å². The summed E-state index contributed by atoms with van der Waals surface area (Å²) in [4.78, 5) is 25.1. The highest BCUT2D eigenvalue weighted by Crippen LogP contribution is 2.22. The molecular weight excluding hydrogens is 326 g/mol. The second kappa shape index (κ2) is 8.02. The van der Waals surface area contributed by atoms with Gasteiger partial charge in [-0.1, -0.05) is 11.8 Å². The summed E-state index contributed by atoms with van der Waals surface area (Å²) < 4.78 is 5.56. The van der Waals surface area contributed by atoms with Crippen molar-refractivity contribution in [2.24, 2.45) is 0 Å². The molecule has 1 amide bonds. The number of nitrogens with one attached hydrogen (secondary N) is 1. The molecule has 0 aliphatic carbocycles. The topological polar surface area (TPSA) is 70.6 Å². The first kappa shape index (κ1) is 17.3. The first-order chi connectivity index (χ1) is 11.7. The summed E-state index contributed by atoms with van der Waals surface area (Å²) in [6, 6.07) is 2.18. The number of amides is 1. The van der Waals surface area contributed by atoms with Crippen LogP contribution in [-0.4, -0.2) is 72.6 Å². The van der Waals surface area contributed by atoms with E-state index in [1.165, 1.54) is 0 Å². The lowest BCUT2D eigenvalue weighted by molar-refractivity contribution is 0.0626. The summed E-state index contributed by atoms with van der Waals surface area (Å²) in [7, 11) is 1.85. The number of thioether (sulfide) groups is 1. The fraction of sp³-hybridized carbons (Fsp3) is 0.688.